The van der Waals surface area contributed by atoms with E-state index >= 15 is 0 Å². The van der Waals surface area contributed by atoms with Crippen LogP contribution in [0.15, 0.2) is 60.7 Å². The van der Waals surface area contributed by atoms with Gasteiger partial charge in [0.05, 0.1) is 5.75 Å². The quantitative estimate of drug-likeness (QED) is 0.603. The molecule has 28 heavy (non-hydrogen) atoms. The summed E-state index contributed by atoms with van der Waals surface area (Å²) in [6.45, 7) is 4.48. The Kier molecular flexibility index (Phi) is 7.48. The summed E-state index contributed by atoms with van der Waals surface area (Å²) in [5.74, 6) is 1.07. The van der Waals surface area contributed by atoms with Gasteiger partial charge in [0.2, 0.25) is 0 Å². The molecule has 3 rings (SSSR count). The van der Waals surface area contributed by atoms with Gasteiger partial charge in [0.1, 0.15) is 5.75 Å². The van der Waals surface area contributed by atoms with Gasteiger partial charge in [-0.25, -0.2) is 0 Å². The molecule has 1 fully saturated rings. The number of hydrogen-bond acceptors (Lipinski definition) is 5. The van der Waals surface area contributed by atoms with Crippen LogP contribution < -0.4 is 4.18 Å². The van der Waals surface area contributed by atoms with Crippen LogP contribution in [-0.4, -0.2) is 57.2 Å². The first-order valence-corrected chi connectivity index (χ1v) is 11.5. The maximum atomic E-state index is 12.2. The van der Waals surface area contributed by atoms with Gasteiger partial charge >= 0.3 is 10.1 Å². The van der Waals surface area contributed by atoms with E-state index in [0.717, 1.165) is 39.0 Å². The molecule has 0 N–H and O–H groups in total. The van der Waals surface area contributed by atoms with Crippen LogP contribution in [0.25, 0.3) is 0 Å². The van der Waals surface area contributed by atoms with E-state index in [9.17, 15) is 8.42 Å². The lowest BCUT2D eigenvalue weighted by molar-refractivity contribution is 0.157. The third-order valence-corrected chi connectivity index (χ3v) is 6.33. The van der Waals surface area contributed by atoms with E-state index in [2.05, 4.69) is 41.1 Å². The molecule has 0 aromatic heterocycles. The van der Waals surface area contributed by atoms with Crippen LogP contribution >= 0.6 is 0 Å². The Morgan fingerprint density at radius 2 is 1.61 bits per heavy atom. The number of hydrogen-bond donors (Lipinski definition) is 0. The standard InChI is InChI=1S/C22H30N2O3S/c1-23(18-20-8-4-2-5-9-20)19-21-12-14-24(15-13-21)16-17-28(25,26)27-22-10-6-3-7-11-22/h2-11,21H,12-19H2,1H3. The summed E-state index contributed by atoms with van der Waals surface area (Å²) in [6.07, 6.45) is 2.22. The van der Waals surface area contributed by atoms with Crippen LogP contribution in [0.5, 0.6) is 5.75 Å². The number of piperidine rings is 1. The highest BCUT2D eigenvalue weighted by atomic mass is 32.2. The number of benzene rings is 2. The second-order valence-electron chi connectivity index (χ2n) is 7.63. The first-order valence-electron chi connectivity index (χ1n) is 9.92. The molecular weight excluding hydrogens is 372 g/mol. The van der Waals surface area contributed by atoms with E-state index in [1.807, 2.05) is 12.1 Å². The van der Waals surface area contributed by atoms with Crippen molar-refractivity contribution in [3.63, 3.8) is 0 Å². The van der Waals surface area contributed by atoms with Crippen LogP contribution in [0.1, 0.15) is 18.4 Å². The molecule has 1 heterocycles. The van der Waals surface area contributed by atoms with Crippen molar-refractivity contribution < 1.29 is 12.6 Å². The Bertz CT molecular complexity index is 804. The fourth-order valence-electron chi connectivity index (χ4n) is 3.70. The maximum Gasteiger partial charge on any atom is 0.310 e. The monoisotopic (exact) mass is 402 g/mol. The molecule has 5 nitrogen and oxygen atoms in total. The molecule has 1 aliphatic heterocycles. The van der Waals surface area contributed by atoms with E-state index < -0.39 is 10.1 Å². The summed E-state index contributed by atoms with van der Waals surface area (Å²) in [5.41, 5.74) is 1.34. The first-order chi connectivity index (χ1) is 13.5. The molecular formula is C22H30N2O3S. The second-order valence-corrected chi connectivity index (χ2v) is 9.32. The summed E-state index contributed by atoms with van der Waals surface area (Å²) in [7, 11) is -1.38. The number of nitrogens with zero attached hydrogens (tertiary/aromatic N) is 2. The van der Waals surface area contributed by atoms with Crippen molar-refractivity contribution in [2.45, 2.75) is 19.4 Å². The summed E-state index contributed by atoms with van der Waals surface area (Å²) in [6, 6.07) is 19.2. The molecule has 0 saturated carbocycles. The first kappa shape index (κ1) is 20.8. The third-order valence-electron chi connectivity index (χ3n) is 5.20. The molecule has 6 heteroatoms. The van der Waals surface area contributed by atoms with Crippen LogP contribution in [0, 0.1) is 5.92 Å². The van der Waals surface area contributed by atoms with Gasteiger partial charge in [0.25, 0.3) is 0 Å². The van der Waals surface area contributed by atoms with Crippen molar-refractivity contribution in [3.8, 4) is 5.75 Å². The number of rotatable bonds is 9. The Morgan fingerprint density at radius 3 is 2.25 bits per heavy atom. The lowest BCUT2D eigenvalue weighted by atomic mass is 9.96. The molecule has 0 bridgehead atoms. The minimum Gasteiger partial charge on any atom is -0.382 e. The summed E-state index contributed by atoms with van der Waals surface area (Å²) >= 11 is 0. The van der Waals surface area contributed by atoms with E-state index in [-0.39, 0.29) is 5.75 Å². The van der Waals surface area contributed by atoms with Crippen molar-refractivity contribution in [3.05, 3.63) is 66.2 Å². The average molecular weight is 403 g/mol. The third kappa shape index (κ3) is 6.93. The van der Waals surface area contributed by atoms with Gasteiger partial charge in [-0.1, -0.05) is 48.5 Å². The Labute approximate surface area is 169 Å². The van der Waals surface area contributed by atoms with E-state index in [1.165, 1.54) is 5.56 Å². The van der Waals surface area contributed by atoms with Crippen LogP contribution in [0.3, 0.4) is 0 Å². The lowest BCUT2D eigenvalue weighted by Crippen LogP contribution is -2.40. The van der Waals surface area contributed by atoms with E-state index in [1.54, 1.807) is 24.3 Å². The zero-order chi connectivity index (χ0) is 19.8. The largest absolute Gasteiger partial charge is 0.382 e. The highest BCUT2D eigenvalue weighted by Crippen LogP contribution is 2.19. The lowest BCUT2D eigenvalue weighted by Gasteiger charge is -2.33. The van der Waals surface area contributed by atoms with Gasteiger partial charge in [0, 0.05) is 19.6 Å². The van der Waals surface area contributed by atoms with Crippen molar-refractivity contribution in [2.24, 2.45) is 5.92 Å². The van der Waals surface area contributed by atoms with Gasteiger partial charge < -0.3 is 14.0 Å². The zero-order valence-corrected chi connectivity index (χ0v) is 17.4. The highest BCUT2D eigenvalue weighted by molar-refractivity contribution is 7.87. The highest BCUT2D eigenvalue weighted by Gasteiger charge is 2.22. The fourth-order valence-corrected chi connectivity index (χ4v) is 4.67. The summed E-state index contributed by atoms with van der Waals surface area (Å²) in [5, 5.41) is 0. The molecule has 1 saturated heterocycles. The predicted octanol–water partition coefficient (Wildman–Crippen LogP) is 3.24. The summed E-state index contributed by atoms with van der Waals surface area (Å²) in [4.78, 5) is 4.62. The van der Waals surface area contributed by atoms with Gasteiger partial charge in [0.15, 0.2) is 0 Å². The van der Waals surface area contributed by atoms with Gasteiger partial charge in [-0.15, -0.1) is 0 Å². The molecule has 0 unspecified atom stereocenters. The molecule has 1 aliphatic rings. The second kappa shape index (κ2) is 10.0. The van der Waals surface area contributed by atoms with Gasteiger partial charge in [-0.2, -0.15) is 8.42 Å². The number of likely N-dealkylation sites (tertiary alicyclic amines) is 1. The Hall–Kier alpha value is -1.89. The van der Waals surface area contributed by atoms with Crippen molar-refractivity contribution >= 4 is 10.1 Å². The van der Waals surface area contributed by atoms with E-state index in [4.69, 9.17) is 4.18 Å². The minimum absolute atomic E-state index is 0.0282. The molecule has 0 spiro atoms. The molecule has 2 aromatic carbocycles. The Balaban J connectivity index is 1.37. The fraction of sp³-hybridized carbons (Fsp3) is 0.455. The zero-order valence-electron chi connectivity index (χ0n) is 16.5. The number of para-hydroxylation sites is 1. The SMILES string of the molecule is CN(Cc1ccccc1)CC1CCN(CCS(=O)(=O)Oc2ccccc2)CC1. The maximum absolute atomic E-state index is 12.2. The Morgan fingerprint density at radius 1 is 1.00 bits per heavy atom. The molecule has 0 amide bonds. The van der Waals surface area contributed by atoms with Gasteiger partial charge in [-0.05, 0) is 56.6 Å². The molecule has 0 radical (unpaired) electrons. The predicted molar refractivity (Wildman–Crippen MR) is 113 cm³/mol. The molecule has 152 valence electrons. The van der Waals surface area contributed by atoms with Gasteiger partial charge in [-0.3, -0.25) is 0 Å². The normalized spacial score (nSPS) is 16.4. The van der Waals surface area contributed by atoms with Crippen molar-refractivity contribution in [1.82, 2.24) is 9.80 Å². The molecule has 0 atom stereocenters. The van der Waals surface area contributed by atoms with Crippen molar-refractivity contribution in [1.29, 1.82) is 0 Å². The molecule has 2 aromatic rings. The molecule has 0 aliphatic carbocycles. The van der Waals surface area contributed by atoms with Crippen LogP contribution in [-0.2, 0) is 16.7 Å². The minimum atomic E-state index is -3.55. The average Bonchev–Trinajstić information content (AvgIpc) is 2.69. The van der Waals surface area contributed by atoms with Crippen LogP contribution in [0.4, 0.5) is 0 Å². The summed E-state index contributed by atoms with van der Waals surface area (Å²) < 4.78 is 29.5. The van der Waals surface area contributed by atoms with Crippen molar-refractivity contribution in [2.75, 3.05) is 39.0 Å². The van der Waals surface area contributed by atoms with E-state index in [0.29, 0.717) is 18.2 Å². The topological polar surface area (TPSA) is 49.9 Å². The van der Waals surface area contributed by atoms with Crippen LogP contribution in [0.2, 0.25) is 0 Å². The smallest absolute Gasteiger partial charge is 0.310 e.